The lowest BCUT2D eigenvalue weighted by atomic mass is 10.0. The van der Waals surface area contributed by atoms with Gasteiger partial charge in [0.1, 0.15) is 17.6 Å². The number of hydrogen-bond donors (Lipinski definition) is 2. The molecule has 4 rings (SSSR count). The van der Waals surface area contributed by atoms with Crippen molar-refractivity contribution in [3.63, 3.8) is 0 Å². The van der Waals surface area contributed by atoms with E-state index in [0.29, 0.717) is 17.7 Å². The number of nitrogens with one attached hydrogen (secondary N) is 2. The van der Waals surface area contributed by atoms with Gasteiger partial charge in [-0.2, -0.15) is 0 Å². The van der Waals surface area contributed by atoms with E-state index in [2.05, 4.69) is 10.0 Å². The van der Waals surface area contributed by atoms with Gasteiger partial charge in [-0.1, -0.05) is 61.5 Å². The maximum Gasteiger partial charge on any atom is 0.243 e. The van der Waals surface area contributed by atoms with Gasteiger partial charge in [0.25, 0.3) is 0 Å². The second-order valence-electron chi connectivity index (χ2n) is 9.80. The SMILES string of the molecule is CCNS(=O)(=O)c1ccc(CCC(=O)N(Cc2ccc(F)cc2)[C@H](Cc2ccccc2)C(=O)NCc2ccco2)cc1. The van der Waals surface area contributed by atoms with Crippen molar-refractivity contribution in [3.05, 3.63) is 126 Å². The lowest BCUT2D eigenvalue weighted by Gasteiger charge is -2.31. The molecule has 10 heteroatoms. The summed E-state index contributed by atoms with van der Waals surface area (Å²) in [6, 6.07) is 24.3. The van der Waals surface area contributed by atoms with Crippen molar-refractivity contribution in [1.82, 2.24) is 14.9 Å². The molecule has 8 nitrogen and oxygen atoms in total. The molecule has 4 aromatic rings. The molecule has 0 radical (unpaired) electrons. The monoisotopic (exact) mass is 591 g/mol. The van der Waals surface area contributed by atoms with Gasteiger partial charge in [0.2, 0.25) is 21.8 Å². The summed E-state index contributed by atoms with van der Waals surface area (Å²) >= 11 is 0. The quantitative estimate of drug-likeness (QED) is 0.223. The summed E-state index contributed by atoms with van der Waals surface area (Å²) in [4.78, 5) is 29.1. The molecule has 42 heavy (non-hydrogen) atoms. The lowest BCUT2D eigenvalue weighted by molar-refractivity contribution is -0.141. The summed E-state index contributed by atoms with van der Waals surface area (Å²) in [7, 11) is -3.58. The molecule has 0 saturated carbocycles. The zero-order valence-electron chi connectivity index (χ0n) is 23.3. The number of carbonyl (C=O) groups excluding carboxylic acids is 2. The number of rotatable bonds is 14. The molecule has 0 spiro atoms. The fourth-order valence-electron chi connectivity index (χ4n) is 4.55. The molecule has 0 bridgehead atoms. The highest BCUT2D eigenvalue weighted by Crippen LogP contribution is 2.18. The number of nitrogens with zero attached hydrogens (tertiary/aromatic N) is 1. The maximum atomic E-state index is 13.8. The molecule has 0 fully saturated rings. The molecule has 3 aromatic carbocycles. The summed E-state index contributed by atoms with van der Waals surface area (Å²) in [6.07, 6.45) is 2.22. The van der Waals surface area contributed by atoms with Gasteiger partial charge >= 0.3 is 0 Å². The van der Waals surface area contributed by atoms with Crippen molar-refractivity contribution in [1.29, 1.82) is 0 Å². The molecule has 0 saturated heterocycles. The van der Waals surface area contributed by atoms with Crippen molar-refractivity contribution >= 4 is 21.8 Å². The number of halogens is 1. The Labute approximate surface area is 245 Å². The summed E-state index contributed by atoms with van der Waals surface area (Å²) in [5, 5.41) is 2.89. The van der Waals surface area contributed by atoms with Crippen molar-refractivity contribution in [2.24, 2.45) is 0 Å². The van der Waals surface area contributed by atoms with Crippen LogP contribution in [-0.2, 0) is 45.5 Å². The number of benzene rings is 3. The third-order valence-corrected chi connectivity index (χ3v) is 8.31. The first-order valence-corrected chi connectivity index (χ1v) is 15.2. The number of carbonyl (C=O) groups is 2. The zero-order chi connectivity index (χ0) is 30.0. The van der Waals surface area contributed by atoms with Crippen molar-refractivity contribution in [2.45, 2.75) is 50.2 Å². The van der Waals surface area contributed by atoms with Crippen LogP contribution in [0, 0.1) is 5.82 Å². The van der Waals surface area contributed by atoms with Crippen molar-refractivity contribution in [3.8, 4) is 0 Å². The Morgan fingerprint density at radius 3 is 2.21 bits per heavy atom. The van der Waals surface area contributed by atoms with Gasteiger partial charge in [-0.3, -0.25) is 9.59 Å². The Kier molecular flexibility index (Phi) is 10.6. The van der Waals surface area contributed by atoms with Gasteiger partial charge in [-0.15, -0.1) is 0 Å². The highest BCUT2D eigenvalue weighted by Gasteiger charge is 2.30. The van der Waals surface area contributed by atoms with Gasteiger partial charge in [0.15, 0.2) is 0 Å². The van der Waals surface area contributed by atoms with Crippen LogP contribution in [0.2, 0.25) is 0 Å². The second kappa shape index (κ2) is 14.6. The van der Waals surface area contributed by atoms with Crippen LogP contribution in [0.5, 0.6) is 0 Å². The van der Waals surface area contributed by atoms with Crippen LogP contribution in [0.1, 0.15) is 35.8 Å². The summed E-state index contributed by atoms with van der Waals surface area (Å²) in [6.45, 7) is 2.25. The average molecular weight is 592 g/mol. The van der Waals surface area contributed by atoms with E-state index in [9.17, 15) is 22.4 Å². The first kappa shape index (κ1) is 30.7. The van der Waals surface area contributed by atoms with E-state index < -0.39 is 21.9 Å². The standard InChI is InChI=1S/C32H34FN3O5S/c1-2-35-42(39,40)29-17-12-24(13-18-29)14-19-31(37)36(23-26-10-15-27(33)16-11-26)30(21-25-7-4-3-5-8-25)32(38)34-22-28-9-6-20-41-28/h3-13,15-18,20,30,35H,2,14,19,21-23H2,1H3,(H,34,38)/t30-/m1/s1. The van der Waals surface area contributed by atoms with Crippen LogP contribution >= 0.6 is 0 Å². The summed E-state index contributed by atoms with van der Waals surface area (Å²) < 4.78 is 46.0. The van der Waals surface area contributed by atoms with E-state index in [-0.39, 0.29) is 49.2 Å². The highest BCUT2D eigenvalue weighted by atomic mass is 32.2. The van der Waals surface area contributed by atoms with Crippen LogP contribution in [0.15, 0.2) is 107 Å². The Hall–Kier alpha value is -4.28. The lowest BCUT2D eigenvalue weighted by Crippen LogP contribution is -2.50. The fourth-order valence-corrected chi connectivity index (χ4v) is 5.59. The molecule has 0 aliphatic carbocycles. The molecule has 2 N–H and O–H groups in total. The summed E-state index contributed by atoms with van der Waals surface area (Å²) in [5.41, 5.74) is 2.34. The largest absolute Gasteiger partial charge is 0.467 e. The van der Waals surface area contributed by atoms with Crippen LogP contribution < -0.4 is 10.0 Å². The zero-order valence-corrected chi connectivity index (χ0v) is 24.1. The van der Waals surface area contributed by atoms with Gasteiger partial charge in [-0.05, 0) is 59.5 Å². The molecule has 1 atom stereocenters. The molecule has 2 amide bonds. The van der Waals surface area contributed by atoms with Gasteiger partial charge in [0.05, 0.1) is 17.7 Å². The number of sulfonamides is 1. The molecular formula is C32H34FN3O5S. The van der Waals surface area contributed by atoms with E-state index >= 15 is 0 Å². The minimum absolute atomic E-state index is 0.0806. The van der Waals surface area contributed by atoms with Crippen molar-refractivity contribution in [2.75, 3.05) is 6.54 Å². The van der Waals surface area contributed by atoms with Crippen LogP contribution in [0.3, 0.4) is 0 Å². The van der Waals surface area contributed by atoms with E-state index in [1.807, 2.05) is 30.3 Å². The Morgan fingerprint density at radius 2 is 1.57 bits per heavy atom. The predicted octanol–water partition coefficient (Wildman–Crippen LogP) is 4.61. The molecular weight excluding hydrogens is 557 g/mol. The first-order valence-electron chi connectivity index (χ1n) is 13.7. The van der Waals surface area contributed by atoms with E-state index in [1.54, 1.807) is 43.3 Å². The molecule has 0 aliphatic heterocycles. The van der Waals surface area contributed by atoms with Gasteiger partial charge in [0, 0.05) is 25.9 Å². The summed E-state index contributed by atoms with van der Waals surface area (Å²) in [5.74, 6) is -0.424. The number of amides is 2. The van der Waals surface area contributed by atoms with Crippen LogP contribution in [0.25, 0.3) is 0 Å². The minimum atomic E-state index is -3.58. The highest BCUT2D eigenvalue weighted by molar-refractivity contribution is 7.89. The Morgan fingerprint density at radius 1 is 0.881 bits per heavy atom. The first-order chi connectivity index (χ1) is 20.2. The van der Waals surface area contributed by atoms with Crippen LogP contribution in [-0.4, -0.2) is 37.7 Å². The Balaban J connectivity index is 1.57. The van der Waals surface area contributed by atoms with E-state index in [4.69, 9.17) is 4.42 Å². The molecule has 0 unspecified atom stereocenters. The molecule has 220 valence electrons. The van der Waals surface area contributed by atoms with Crippen molar-refractivity contribution < 1.29 is 26.8 Å². The predicted molar refractivity (Wildman–Crippen MR) is 157 cm³/mol. The molecule has 1 aromatic heterocycles. The smallest absolute Gasteiger partial charge is 0.243 e. The van der Waals surface area contributed by atoms with Gasteiger partial charge < -0.3 is 14.6 Å². The minimum Gasteiger partial charge on any atom is -0.467 e. The topological polar surface area (TPSA) is 109 Å². The molecule has 0 aliphatic rings. The molecule has 1 heterocycles. The second-order valence-corrected chi connectivity index (χ2v) is 11.6. The van der Waals surface area contributed by atoms with Gasteiger partial charge in [-0.25, -0.2) is 17.5 Å². The normalized spacial score (nSPS) is 12.0. The third kappa shape index (κ3) is 8.61. The van der Waals surface area contributed by atoms with E-state index in [0.717, 1.165) is 11.1 Å². The number of hydrogen-bond acceptors (Lipinski definition) is 5. The van der Waals surface area contributed by atoms with E-state index in [1.165, 1.54) is 35.4 Å². The Bertz CT molecular complexity index is 1540. The maximum absolute atomic E-state index is 13.8. The average Bonchev–Trinajstić information content (AvgIpc) is 3.52. The van der Waals surface area contributed by atoms with Crippen LogP contribution in [0.4, 0.5) is 4.39 Å². The number of aryl methyl sites for hydroxylation is 1. The third-order valence-electron chi connectivity index (χ3n) is 6.75. The number of furan rings is 1. The fraction of sp³-hybridized carbons (Fsp3) is 0.250.